The Bertz CT molecular complexity index is 1830. The van der Waals surface area contributed by atoms with Gasteiger partial charge in [0.2, 0.25) is 0 Å². The van der Waals surface area contributed by atoms with E-state index in [1.54, 1.807) is 12.1 Å². The summed E-state index contributed by atoms with van der Waals surface area (Å²) in [4.78, 5) is 11.4. The number of anilines is 3. The van der Waals surface area contributed by atoms with E-state index in [-0.39, 0.29) is 22.3 Å². The summed E-state index contributed by atoms with van der Waals surface area (Å²) in [6.07, 6.45) is 5.32. The number of nitrogens with zero attached hydrogens (tertiary/aromatic N) is 4. The Kier molecular flexibility index (Phi) is 11.4. The lowest BCUT2D eigenvalue weighted by molar-refractivity contribution is 0.0988. The molecule has 248 valence electrons. The molecule has 0 amide bonds. The molecule has 1 fully saturated rings. The molecule has 1 aliphatic heterocycles. The van der Waals surface area contributed by atoms with Crippen LogP contribution in [-0.4, -0.2) is 39.5 Å². The molecule has 2 aromatic heterocycles. The van der Waals surface area contributed by atoms with Crippen molar-refractivity contribution in [1.29, 1.82) is 5.26 Å². The number of nitriles is 1. The predicted molar refractivity (Wildman–Crippen MR) is 191 cm³/mol. The van der Waals surface area contributed by atoms with Crippen molar-refractivity contribution in [2.75, 3.05) is 23.7 Å². The van der Waals surface area contributed by atoms with Gasteiger partial charge in [0.15, 0.2) is 0 Å². The summed E-state index contributed by atoms with van der Waals surface area (Å²) in [5.74, 6) is -0.546. The van der Waals surface area contributed by atoms with Crippen LogP contribution in [0, 0.1) is 24.1 Å². The summed E-state index contributed by atoms with van der Waals surface area (Å²) in [7, 11) is 0. The first-order chi connectivity index (χ1) is 21.8. The fraction of sp³-hybridized carbons (Fsp3) is 0.324. The van der Waals surface area contributed by atoms with E-state index in [1.807, 2.05) is 25.3 Å². The van der Waals surface area contributed by atoms with E-state index in [0.29, 0.717) is 49.9 Å². The Labute approximate surface area is 289 Å². The molecule has 1 aliphatic rings. The Hall–Kier alpha value is -3.85. The number of hydrogen-bond donors (Lipinski definition) is 5. The van der Waals surface area contributed by atoms with Gasteiger partial charge in [0, 0.05) is 65.1 Å². The van der Waals surface area contributed by atoms with Crippen LogP contribution in [0.4, 0.5) is 21.5 Å². The molecule has 2 aromatic carbocycles. The molecule has 0 radical (unpaired) electrons. The molecular weight excluding hydrogens is 660 g/mol. The first kappa shape index (κ1) is 36.0. The summed E-state index contributed by atoms with van der Waals surface area (Å²) < 4.78 is 13.9. The summed E-state index contributed by atoms with van der Waals surface area (Å²) >= 11 is 19.0. The van der Waals surface area contributed by atoms with Gasteiger partial charge >= 0.3 is 0 Å². The molecule has 0 saturated carbocycles. The Morgan fingerprint density at radius 1 is 1.09 bits per heavy atom. The van der Waals surface area contributed by atoms with Crippen LogP contribution in [-0.2, 0) is 0 Å². The molecule has 0 aliphatic carbocycles. The van der Waals surface area contributed by atoms with Gasteiger partial charge in [0.05, 0.1) is 38.6 Å². The third-order valence-electron chi connectivity index (χ3n) is 8.21. The van der Waals surface area contributed by atoms with Crippen molar-refractivity contribution in [2.45, 2.75) is 58.2 Å². The van der Waals surface area contributed by atoms with Gasteiger partial charge in [0.25, 0.3) is 0 Å². The van der Waals surface area contributed by atoms with Crippen LogP contribution >= 0.6 is 34.8 Å². The molecule has 47 heavy (non-hydrogen) atoms. The zero-order valence-electron chi connectivity index (χ0n) is 26.8. The molecule has 1 saturated heterocycles. The maximum atomic E-state index is 13.9. The number of pyridine rings is 2. The van der Waals surface area contributed by atoms with Gasteiger partial charge in [-0.3, -0.25) is 9.88 Å². The van der Waals surface area contributed by atoms with Crippen LogP contribution in [0.5, 0.6) is 0 Å². The number of benzene rings is 2. The van der Waals surface area contributed by atoms with Crippen LogP contribution in [0.2, 0.25) is 15.2 Å². The van der Waals surface area contributed by atoms with Crippen LogP contribution < -0.4 is 27.8 Å². The molecule has 0 spiro atoms. The highest BCUT2D eigenvalue weighted by atomic mass is 35.5. The second kappa shape index (κ2) is 14.9. The maximum absolute atomic E-state index is 13.9. The third kappa shape index (κ3) is 8.36. The number of likely N-dealkylation sites (tertiary alicyclic amines) is 1. The SMILES string of the molecule is Cc1nc(Cl)ccc1[C@H](Nc1cc(Cl)c2ncc(C#N)c(Nc3ccc(F)c(Cl)c3)c2c1)/C(N)=C/NC1CCN(C(C)(C)C)CC1.N. The molecular formula is C34H39Cl3FN9. The van der Waals surface area contributed by atoms with Gasteiger partial charge in [-0.05, 0) is 76.9 Å². The highest BCUT2D eigenvalue weighted by Crippen LogP contribution is 2.37. The quantitative estimate of drug-likeness (QED) is 0.114. The van der Waals surface area contributed by atoms with E-state index in [1.165, 1.54) is 24.4 Å². The fourth-order valence-electron chi connectivity index (χ4n) is 5.65. The average Bonchev–Trinajstić information content (AvgIpc) is 3.01. The van der Waals surface area contributed by atoms with Gasteiger partial charge in [-0.15, -0.1) is 0 Å². The van der Waals surface area contributed by atoms with Crippen molar-refractivity contribution in [3.05, 3.63) is 98.4 Å². The molecule has 5 rings (SSSR count). The lowest BCUT2D eigenvalue weighted by Crippen LogP contribution is -2.49. The molecule has 3 heterocycles. The highest BCUT2D eigenvalue weighted by molar-refractivity contribution is 6.36. The minimum absolute atomic E-state index is 0. The van der Waals surface area contributed by atoms with E-state index in [0.717, 1.165) is 37.2 Å². The second-order valence-electron chi connectivity index (χ2n) is 12.4. The number of nitrogens with two attached hydrogens (primary N) is 1. The van der Waals surface area contributed by atoms with Crippen molar-refractivity contribution in [1.82, 2.24) is 26.3 Å². The lowest BCUT2D eigenvalue weighted by Gasteiger charge is -2.41. The molecule has 9 nitrogen and oxygen atoms in total. The van der Waals surface area contributed by atoms with Gasteiger partial charge in [-0.1, -0.05) is 40.9 Å². The molecule has 0 unspecified atom stereocenters. The number of aryl methyl sites for hydroxylation is 1. The fourth-order valence-corrected chi connectivity index (χ4v) is 6.29. The van der Waals surface area contributed by atoms with Crippen molar-refractivity contribution in [3.63, 3.8) is 0 Å². The molecule has 1 atom stereocenters. The largest absolute Gasteiger partial charge is 0.399 e. The zero-order chi connectivity index (χ0) is 33.2. The van der Waals surface area contributed by atoms with Crippen LogP contribution in [0.25, 0.3) is 10.9 Å². The number of nitrogens with one attached hydrogen (secondary N) is 3. The Morgan fingerprint density at radius 2 is 1.79 bits per heavy atom. The summed E-state index contributed by atoms with van der Waals surface area (Å²) in [6.45, 7) is 10.6. The van der Waals surface area contributed by atoms with Gasteiger partial charge in [0.1, 0.15) is 17.0 Å². The topological polar surface area (TPSA) is 150 Å². The molecule has 13 heteroatoms. The minimum Gasteiger partial charge on any atom is -0.399 e. The normalized spacial score (nSPS) is 15.1. The van der Waals surface area contributed by atoms with Crippen molar-refractivity contribution in [2.24, 2.45) is 5.73 Å². The average molecular weight is 699 g/mol. The number of rotatable bonds is 8. The standard InChI is InChI=1S/C34H36Cl3FN8.H3N/c1-19-24(6-8-30(37)43-19)33(29(40)18-41-21-9-11-46(12-10-21)34(2,3)4)45-23-13-25-31(44-22-5-7-28(38)26(35)14-22)20(16-39)17-42-32(25)27(36)15-23;/h5-8,13-15,17-18,21,33,41,45H,9-12,40H2,1-4H3,(H,42,44);1H3/b29-18-;/t33-;/m0./s1. The smallest absolute Gasteiger partial charge is 0.141 e. The molecule has 8 N–H and O–H groups in total. The highest BCUT2D eigenvalue weighted by Gasteiger charge is 2.27. The molecule has 4 aromatic rings. The van der Waals surface area contributed by atoms with Crippen LogP contribution in [0.3, 0.4) is 0 Å². The third-order valence-corrected chi connectivity index (χ3v) is 9.00. The Morgan fingerprint density at radius 3 is 2.43 bits per heavy atom. The van der Waals surface area contributed by atoms with Crippen LogP contribution in [0.15, 0.2) is 60.6 Å². The van der Waals surface area contributed by atoms with Gasteiger partial charge < -0.3 is 27.8 Å². The van der Waals surface area contributed by atoms with Crippen molar-refractivity contribution >= 4 is 62.8 Å². The zero-order valence-corrected chi connectivity index (χ0v) is 29.0. The summed E-state index contributed by atoms with van der Waals surface area (Å²) in [5, 5.41) is 21.5. The first-order valence-corrected chi connectivity index (χ1v) is 16.1. The minimum atomic E-state index is -0.546. The van der Waals surface area contributed by atoms with E-state index < -0.39 is 11.9 Å². The van der Waals surface area contributed by atoms with Crippen LogP contribution in [0.1, 0.15) is 56.5 Å². The molecule has 0 bridgehead atoms. The number of halogens is 4. The van der Waals surface area contributed by atoms with Gasteiger partial charge in [-0.2, -0.15) is 5.26 Å². The Balaban J connectivity index is 0.00000500. The second-order valence-corrected chi connectivity index (χ2v) is 13.6. The summed E-state index contributed by atoms with van der Waals surface area (Å²) in [5.41, 5.74) is 11.4. The number of aromatic nitrogens is 2. The predicted octanol–water partition coefficient (Wildman–Crippen LogP) is 8.62. The van der Waals surface area contributed by atoms with E-state index >= 15 is 0 Å². The number of fused-ring (bicyclic) bond motifs is 1. The monoisotopic (exact) mass is 697 g/mol. The lowest BCUT2D eigenvalue weighted by atomic mass is 9.98. The van der Waals surface area contributed by atoms with E-state index in [4.69, 9.17) is 40.5 Å². The van der Waals surface area contributed by atoms with E-state index in [2.05, 4.69) is 57.7 Å². The number of hydrogen-bond acceptors (Lipinski definition) is 9. The van der Waals surface area contributed by atoms with E-state index in [9.17, 15) is 9.65 Å². The van der Waals surface area contributed by atoms with Crippen molar-refractivity contribution < 1.29 is 4.39 Å². The first-order valence-electron chi connectivity index (χ1n) is 14.9. The number of piperidine rings is 1. The van der Waals surface area contributed by atoms with Gasteiger partial charge in [-0.25, -0.2) is 9.37 Å². The maximum Gasteiger partial charge on any atom is 0.141 e. The summed E-state index contributed by atoms with van der Waals surface area (Å²) in [6, 6.07) is 13.4. The van der Waals surface area contributed by atoms with Crippen molar-refractivity contribution in [3.8, 4) is 6.07 Å².